The van der Waals surface area contributed by atoms with Crippen LogP contribution in [0.1, 0.15) is 38.1 Å². The Labute approximate surface area is 142 Å². The van der Waals surface area contributed by atoms with Crippen LogP contribution in [-0.4, -0.2) is 28.4 Å². The standard InChI is InChI=1S/C19H26N4O/c1-12-5-4-6-23-16(12)11-21-18(23)19(2,3)22-17(24)13-7-14-9-20-10-15(14)8-13/h4-6,11,13-15,20H,7-10H2,1-3H3,(H,22,24)/t13?,14-,15+. The topological polar surface area (TPSA) is 58.4 Å². The third kappa shape index (κ3) is 2.51. The van der Waals surface area contributed by atoms with E-state index < -0.39 is 5.54 Å². The van der Waals surface area contributed by atoms with Crippen molar-refractivity contribution in [3.63, 3.8) is 0 Å². The Kier molecular flexibility index (Phi) is 3.64. The summed E-state index contributed by atoms with van der Waals surface area (Å²) in [6, 6.07) is 4.11. The molecule has 1 aliphatic heterocycles. The third-order valence-corrected chi connectivity index (χ3v) is 5.80. The molecule has 1 saturated carbocycles. The molecule has 2 N–H and O–H groups in total. The fourth-order valence-corrected chi connectivity index (χ4v) is 4.47. The van der Waals surface area contributed by atoms with Crippen LogP contribution < -0.4 is 10.6 Å². The van der Waals surface area contributed by atoms with E-state index in [2.05, 4.69) is 33.0 Å². The maximum absolute atomic E-state index is 12.8. The third-order valence-electron chi connectivity index (χ3n) is 5.80. The summed E-state index contributed by atoms with van der Waals surface area (Å²) in [5.74, 6) is 2.57. The summed E-state index contributed by atoms with van der Waals surface area (Å²) in [6.45, 7) is 8.31. The number of carbonyl (C=O) groups is 1. The van der Waals surface area contributed by atoms with Crippen LogP contribution in [0.5, 0.6) is 0 Å². The van der Waals surface area contributed by atoms with E-state index in [0.29, 0.717) is 11.8 Å². The smallest absolute Gasteiger partial charge is 0.223 e. The second kappa shape index (κ2) is 5.59. The number of rotatable bonds is 3. The molecule has 24 heavy (non-hydrogen) atoms. The summed E-state index contributed by atoms with van der Waals surface area (Å²) in [6.07, 6.45) is 5.94. The van der Waals surface area contributed by atoms with Crippen LogP contribution in [0.4, 0.5) is 0 Å². The number of hydrogen-bond donors (Lipinski definition) is 2. The van der Waals surface area contributed by atoms with Crippen LogP contribution in [0.25, 0.3) is 5.52 Å². The number of fused-ring (bicyclic) bond motifs is 2. The van der Waals surface area contributed by atoms with E-state index in [1.807, 2.05) is 32.3 Å². The second-order valence-electron chi connectivity index (χ2n) is 7.99. The van der Waals surface area contributed by atoms with E-state index in [1.165, 1.54) is 5.56 Å². The van der Waals surface area contributed by atoms with E-state index in [0.717, 1.165) is 37.3 Å². The van der Waals surface area contributed by atoms with Gasteiger partial charge in [0.25, 0.3) is 0 Å². The van der Waals surface area contributed by atoms with Crippen LogP contribution in [-0.2, 0) is 10.3 Å². The Morgan fingerprint density at radius 2 is 2.04 bits per heavy atom. The first-order valence-corrected chi connectivity index (χ1v) is 8.91. The number of amides is 1. The summed E-state index contributed by atoms with van der Waals surface area (Å²) in [5.41, 5.74) is 1.79. The lowest BCUT2D eigenvalue weighted by Crippen LogP contribution is -2.45. The minimum Gasteiger partial charge on any atom is -0.344 e. The molecular weight excluding hydrogens is 300 g/mol. The van der Waals surface area contributed by atoms with Gasteiger partial charge in [-0.15, -0.1) is 0 Å². The minimum absolute atomic E-state index is 0.148. The first kappa shape index (κ1) is 15.6. The van der Waals surface area contributed by atoms with Crippen LogP contribution in [0.2, 0.25) is 0 Å². The lowest BCUT2D eigenvalue weighted by atomic mass is 9.99. The normalized spacial score (nSPS) is 26.7. The van der Waals surface area contributed by atoms with Gasteiger partial charge in [0.2, 0.25) is 5.91 Å². The zero-order valence-electron chi connectivity index (χ0n) is 14.7. The van der Waals surface area contributed by atoms with Gasteiger partial charge in [0, 0.05) is 12.1 Å². The number of nitrogens with one attached hydrogen (secondary N) is 2. The summed E-state index contributed by atoms with van der Waals surface area (Å²) in [4.78, 5) is 17.4. The maximum atomic E-state index is 12.8. The van der Waals surface area contributed by atoms with Crippen molar-refractivity contribution in [3.05, 3.63) is 35.9 Å². The van der Waals surface area contributed by atoms with E-state index in [1.54, 1.807) is 0 Å². The van der Waals surface area contributed by atoms with Gasteiger partial charge in [0.05, 0.1) is 17.3 Å². The van der Waals surface area contributed by atoms with Crippen molar-refractivity contribution in [3.8, 4) is 0 Å². The van der Waals surface area contributed by atoms with Gasteiger partial charge >= 0.3 is 0 Å². The lowest BCUT2D eigenvalue weighted by molar-refractivity contribution is -0.126. The van der Waals surface area contributed by atoms with Crippen molar-refractivity contribution < 1.29 is 4.79 Å². The maximum Gasteiger partial charge on any atom is 0.223 e. The number of carbonyl (C=O) groups excluding carboxylic acids is 1. The molecule has 3 atom stereocenters. The number of aromatic nitrogens is 2. The fourth-order valence-electron chi connectivity index (χ4n) is 4.47. The molecule has 1 aliphatic carbocycles. The van der Waals surface area contributed by atoms with Gasteiger partial charge in [-0.2, -0.15) is 0 Å². The van der Waals surface area contributed by atoms with E-state index in [-0.39, 0.29) is 11.8 Å². The molecule has 1 saturated heterocycles. The summed E-state index contributed by atoms with van der Waals surface area (Å²) in [5, 5.41) is 6.69. The Morgan fingerprint density at radius 1 is 1.33 bits per heavy atom. The van der Waals surface area contributed by atoms with Crippen molar-refractivity contribution in [1.82, 2.24) is 20.0 Å². The summed E-state index contributed by atoms with van der Waals surface area (Å²) >= 11 is 0. The van der Waals surface area contributed by atoms with Gasteiger partial charge in [-0.25, -0.2) is 4.98 Å². The van der Waals surface area contributed by atoms with Crippen molar-refractivity contribution in [2.45, 2.75) is 39.2 Å². The molecule has 3 heterocycles. The van der Waals surface area contributed by atoms with Crippen molar-refractivity contribution in [2.24, 2.45) is 17.8 Å². The molecule has 0 radical (unpaired) electrons. The highest BCUT2D eigenvalue weighted by Gasteiger charge is 2.41. The molecule has 0 aromatic carbocycles. The Bertz CT molecular complexity index is 767. The van der Waals surface area contributed by atoms with Crippen LogP contribution in [0, 0.1) is 24.7 Å². The second-order valence-corrected chi connectivity index (χ2v) is 7.99. The fraction of sp³-hybridized carbons (Fsp3) is 0.579. The Morgan fingerprint density at radius 3 is 2.75 bits per heavy atom. The van der Waals surface area contributed by atoms with Gasteiger partial charge in [-0.05, 0) is 70.2 Å². The van der Waals surface area contributed by atoms with Crippen molar-refractivity contribution in [1.29, 1.82) is 0 Å². The predicted molar refractivity (Wildman–Crippen MR) is 93.7 cm³/mol. The molecule has 5 nitrogen and oxygen atoms in total. The predicted octanol–water partition coefficient (Wildman–Crippen LogP) is 2.24. The molecule has 0 spiro atoms. The molecule has 128 valence electrons. The zero-order valence-corrected chi connectivity index (χ0v) is 14.7. The number of hydrogen-bond acceptors (Lipinski definition) is 3. The van der Waals surface area contributed by atoms with Crippen molar-refractivity contribution in [2.75, 3.05) is 13.1 Å². The highest BCUT2D eigenvalue weighted by Crippen LogP contribution is 2.39. The number of nitrogens with zero attached hydrogens (tertiary/aromatic N) is 2. The molecule has 2 fully saturated rings. The molecule has 2 aromatic rings. The molecule has 1 amide bonds. The number of imidazole rings is 1. The molecule has 2 aromatic heterocycles. The van der Waals surface area contributed by atoms with Gasteiger partial charge in [-0.3, -0.25) is 4.79 Å². The van der Waals surface area contributed by atoms with E-state index >= 15 is 0 Å². The zero-order chi connectivity index (χ0) is 16.9. The van der Waals surface area contributed by atoms with Gasteiger partial charge in [-0.1, -0.05) is 6.07 Å². The molecule has 5 heteroatoms. The SMILES string of the molecule is Cc1cccn2c(C(C)(C)NC(=O)C3C[C@H]4CNC[C@H]4C3)ncc12. The van der Waals surface area contributed by atoms with E-state index in [4.69, 9.17) is 0 Å². The Hall–Kier alpha value is -1.88. The highest BCUT2D eigenvalue weighted by atomic mass is 16.2. The van der Waals surface area contributed by atoms with Gasteiger partial charge in [0.15, 0.2) is 0 Å². The first-order chi connectivity index (χ1) is 11.5. The molecule has 1 unspecified atom stereocenters. The summed E-state index contributed by atoms with van der Waals surface area (Å²) in [7, 11) is 0. The lowest BCUT2D eigenvalue weighted by Gasteiger charge is -2.27. The summed E-state index contributed by atoms with van der Waals surface area (Å²) < 4.78 is 2.09. The number of pyridine rings is 1. The Balaban J connectivity index is 1.54. The van der Waals surface area contributed by atoms with Crippen molar-refractivity contribution >= 4 is 11.4 Å². The number of aryl methyl sites for hydroxylation is 1. The first-order valence-electron chi connectivity index (χ1n) is 8.91. The average molecular weight is 326 g/mol. The van der Waals surface area contributed by atoms with Gasteiger partial charge in [0.1, 0.15) is 5.82 Å². The van der Waals surface area contributed by atoms with E-state index in [9.17, 15) is 4.79 Å². The monoisotopic (exact) mass is 326 g/mol. The average Bonchev–Trinajstić information content (AvgIpc) is 3.21. The highest BCUT2D eigenvalue weighted by molar-refractivity contribution is 5.80. The largest absolute Gasteiger partial charge is 0.344 e. The van der Waals surface area contributed by atoms with Crippen LogP contribution in [0.15, 0.2) is 24.5 Å². The quantitative estimate of drug-likeness (QED) is 0.909. The molecular formula is C19H26N4O. The molecule has 2 aliphatic rings. The van der Waals surface area contributed by atoms with Crippen LogP contribution in [0.3, 0.4) is 0 Å². The molecule has 0 bridgehead atoms. The molecule has 4 rings (SSSR count). The minimum atomic E-state index is -0.493. The van der Waals surface area contributed by atoms with Gasteiger partial charge < -0.3 is 15.0 Å². The van der Waals surface area contributed by atoms with Crippen LogP contribution >= 0.6 is 0 Å².